The monoisotopic (exact) mass is 516 g/mol. The van der Waals surface area contributed by atoms with E-state index >= 15 is 0 Å². The van der Waals surface area contributed by atoms with Crippen LogP contribution in [0.25, 0.3) is 16.8 Å². The van der Waals surface area contributed by atoms with Gasteiger partial charge in [0.15, 0.2) is 5.71 Å². The minimum atomic E-state index is -0.0274. The molecule has 4 heteroatoms. The van der Waals surface area contributed by atoms with E-state index < -0.39 is 0 Å². The molecule has 0 atom stereocenters. The van der Waals surface area contributed by atoms with Crippen LogP contribution in [-0.4, -0.2) is 30.4 Å². The second kappa shape index (κ2) is 8.60. The number of nitrogens with zero attached hydrogens (tertiary/aromatic N) is 2. The number of fused-ring (bicyclic) bond motifs is 3. The summed E-state index contributed by atoms with van der Waals surface area (Å²) in [4.78, 5) is 3.71. The van der Waals surface area contributed by atoms with Crippen LogP contribution >= 0.6 is 11.3 Å². The van der Waals surface area contributed by atoms with Crippen molar-refractivity contribution in [2.45, 2.75) is 33.1 Å². The highest BCUT2D eigenvalue weighted by molar-refractivity contribution is 7.16. The molecule has 0 spiro atoms. The topological polar surface area (TPSA) is 6.25 Å². The molecule has 1 aliphatic heterocycles. The summed E-state index contributed by atoms with van der Waals surface area (Å²) in [5.41, 5.74) is 4.07. The Morgan fingerprint density at radius 2 is 1.69 bits per heavy atom. The van der Waals surface area contributed by atoms with Gasteiger partial charge in [-0.3, -0.25) is 0 Å². The standard InChI is InChI=1S/C25H29N2S.HI/c1-6-27(7-2)23-17-14-19(28-23)13-16-22-25(3,4)24-20-11-9-8-10-18(20)12-15-21(24)26(22)5;/h8-17H,6-7H2,1-5H3;1H/q+1;/p-1. The third-order valence-corrected chi connectivity index (χ3v) is 7.10. The zero-order valence-corrected chi connectivity index (χ0v) is 20.8. The third-order valence-electron chi connectivity index (χ3n) is 5.99. The summed E-state index contributed by atoms with van der Waals surface area (Å²) in [7, 11) is 2.19. The van der Waals surface area contributed by atoms with E-state index in [4.69, 9.17) is 0 Å². The molecule has 1 aromatic heterocycles. The SMILES string of the molecule is CCN(CC)c1ccc(C=CC2=[N+](C)c3ccc4ccccc4c3C2(C)C)s1.[I-]. The first-order valence-corrected chi connectivity index (χ1v) is 10.9. The van der Waals surface area contributed by atoms with E-state index in [1.54, 1.807) is 0 Å². The third kappa shape index (κ3) is 3.77. The van der Waals surface area contributed by atoms with Crippen molar-refractivity contribution in [1.29, 1.82) is 0 Å². The number of benzene rings is 2. The Morgan fingerprint density at radius 1 is 0.966 bits per heavy atom. The maximum absolute atomic E-state index is 2.41. The predicted octanol–water partition coefficient (Wildman–Crippen LogP) is 3.47. The van der Waals surface area contributed by atoms with Crippen molar-refractivity contribution in [2.75, 3.05) is 25.0 Å². The molecular formula is C25H29IN2S. The van der Waals surface area contributed by atoms with Crippen LogP contribution in [0.15, 0.2) is 54.6 Å². The number of allylic oxidation sites excluding steroid dienone is 1. The Balaban J connectivity index is 0.00000240. The van der Waals surface area contributed by atoms with Gasteiger partial charge in [-0.05, 0) is 62.7 Å². The molecule has 29 heavy (non-hydrogen) atoms. The van der Waals surface area contributed by atoms with E-state index in [0.717, 1.165) is 13.1 Å². The second-order valence-electron chi connectivity index (χ2n) is 7.93. The van der Waals surface area contributed by atoms with Gasteiger partial charge in [-0.1, -0.05) is 24.3 Å². The molecule has 0 amide bonds. The Labute approximate surface area is 195 Å². The lowest BCUT2D eigenvalue weighted by molar-refractivity contribution is -0.401. The fraction of sp³-hybridized carbons (Fsp3) is 0.320. The van der Waals surface area contributed by atoms with E-state index in [9.17, 15) is 0 Å². The minimum absolute atomic E-state index is 0. The fourth-order valence-corrected chi connectivity index (χ4v) is 5.53. The van der Waals surface area contributed by atoms with Crippen LogP contribution in [0.4, 0.5) is 10.7 Å². The van der Waals surface area contributed by atoms with Gasteiger partial charge in [-0.15, -0.1) is 11.3 Å². The molecule has 2 nitrogen and oxygen atoms in total. The molecule has 0 bridgehead atoms. The van der Waals surface area contributed by atoms with Crippen LogP contribution in [0.1, 0.15) is 38.1 Å². The quantitative estimate of drug-likeness (QED) is 0.372. The lowest BCUT2D eigenvalue weighted by Crippen LogP contribution is -3.00. The Hall–Kier alpha value is -1.66. The van der Waals surface area contributed by atoms with Gasteiger partial charge in [-0.25, -0.2) is 0 Å². The van der Waals surface area contributed by atoms with Crippen molar-refractivity contribution in [3.05, 3.63) is 65.0 Å². The van der Waals surface area contributed by atoms with E-state index in [1.807, 2.05) is 11.3 Å². The van der Waals surface area contributed by atoms with E-state index in [1.165, 1.54) is 37.6 Å². The molecule has 0 saturated heterocycles. The molecule has 152 valence electrons. The van der Waals surface area contributed by atoms with Gasteiger partial charge in [0, 0.05) is 35.7 Å². The average Bonchev–Trinajstić information content (AvgIpc) is 3.23. The first kappa shape index (κ1) is 22.0. The smallest absolute Gasteiger partial charge is 0.210 e. The lowest BCUT2D eigenvalue weighted by atomic mass is 9.79. The number of halogens is 1. The highest BCUT2D eigenvalue weighted by Crippen LogP contribution is 2.43. The van der Waals surface area contributed by atoms with Gasteiger partial charge >= 0.3 is 0 Å². The van der Waals surface area contributed by atoms with Crippen LogP contribution in [0, 0.1) is 0 Å². The summed E-state index contributed by atoms with van der Waals surface area (Å²) in [5.74, 6) is 0. The van der Waals surface area contributed by atoms with Crippen LogP contribution in [0.2, 0.25) is 0 Å². The minimum Gasteiger partial charge on any atom is -1.00 e. The number of hydrogen-bond donors (Lipinski definition) is 0. The predicted molar refractivity (Wildman–Crippen MR) is 125 cm³/mol. The van der Waals surface area contributed by atoms with Crippen molar-refractivity contribution in [3.8, 4) is 0 Å². The Kier molecular flexibility index (Phi) is 6.54. The average molecular weight is 516 g/mol. The van der Waals surface area contributed by atoms with E-state index in [2.05, 4.69) is 105 Å². The molecule has 3 aromatic rings. The zero-order chi connectivity index (χ0) is 19.9. The van der Waals surface area contributed by atoms with Crippen molar-refractivity contribution in [1.82, 2.24) is 0 Å². The zero-order valence-electron chi connectivity index (χ0n) is 17.9. The van der Waals surface area contributed by atoms with Crippen molar-refractivity contribution in [3.63, 3.8) is 0 Å². The van der Waals surface area contributed by atoms with Crippen LogP contribution in [0.3, 0.4) is 0 Å². The molecule has 1 aliphatic rings. The maximum atomic E-state index is 2.41. The molecule has 0 fully saturated rings. The summed E-state index contributed by atoms with van der Waals surface area (Å²) < 4.78 is 2.36. The van der Waals surface area contributed by atoms with Crippen LogP contribution in [-0.2, 0) is 5.41 Å². The van der Waals surface area contributed by atoms with Crippen molar-refractivity contribution in [2.24, 2.45) is 0 Å². The highest BCUT2D eigenvalue weighted by atomic mass is 127. The first-order chi connectivity index (χ1) is 13.5. The Morgan fingerprint density at radius 3 is 2.41 bits per heavy atom. The van der Waals surface area contributed by atoms with Crippen molar-refractivity contribution < 1.29 is 28.6 Å². The number of thiophene rings is 1. The molecule has 0 unspecified atom stereocenters. The number of hydrogen-bond acceptors (Lipinski definition) is 2. The molecule has 0 radical (unpaired) electrons. The summed E-state index contributed by atoms with van der Waals surface area (Å²) >= 11 is 1.87. The van der Waals surface area contributed by atoms with Crippen molar-refractivity contribution >= 4 is 44.6 Å². The molecule has 0 saturated carbocycles. The summed E-state index contributed by atoms with van der Waals surface area (Å²) in [6.45, 7) is 11.2. The van der Waals surface area contributed by atoms with Crippen LogP contribution < -0.4 is 28.9 Å². The van der Waals surface area contributed by atoms with E-state index in [0.29, 0.717) is 0 Å². The molecular weight excluding hydrogens is 487 g/mol. The normalized spacial score (nSPS) is 15.1. The van der Waals surface area contributed by atoms with Gasteiger partial charge in [-0.2, -0.15) is 4.58 Å². The Bertz CT molecular complexity index is 1090. The molecule has 4 rings (SSSR count). The molecule has 2 heterocycles. The summed E-state index contributed by atoms with van der Waals surface area (Å²) in [6.07, 6.45) is 4.59. The lowest BCUT2D eigenvalue weighted by Gasteiger charge is -2.18. The van der Waals surface area contributed by atoms with Gasteiger partial charge < -0.3 is 28.9 Å². The first-order valence-electron chi connectivity index (χ1n) is 10.1. The van der Waals surface area contributed by atoms with Gasteiger partial charge in [0.1, 0.15) is 7.05 Å². The van der Waals surface area contributed by atoms with E-state index in [-0.39, 0.29) is 29.4 Å². The molecule has 2 aromatic carbocycles. The summed E-state index contributed by atoms with van der Waals surface area (Å²) in [5, 5.41) is 4.03. The molecule has 0 N–H and O–H groups in total. The number of anilines is 1. The highest BCUT2D eigenvalue weighted by Gasteiger charge is 2.44. The maximum Gasteiger partial charge on any atom is 0.210 e. The second-order valence-corrected chi connectivity index (χ2v) is 9.03. The largest absolute Gasteiger partial charge is 1.00 e. The summed E-state index contributed by atoms with van der Waals surface area (Å²) in [6, 6.07) is 17.7. The van der Waals surface area contributed by atoms with Gasteiger partial charge in [0.25, 0.3) is 0 Å². The van der Waals surface area contributed by atoms with Gasteiger partial charge in [0.05, 0.1) is 10.4 Å². The number of rotatable bonds is 5. The fourth-order valence-electron chi connectivity index (χ4n) is 4.49. The van der Waals surface area contributed by atoms with Crippen LogP contribution in [0.5, 0.6) is 0 Å². The molecule has 0 aliphatic carbocycles. The van der Waals surface area contributed by atoms with Gasteiger partial charge in [0.2, 0.25) is 5.69 Å².